The van der Waals surface area contributed by atoms with Gasteiger partial charge in [0.15, 0.2) is 11.5 Å². The molecule has 0 saturated heterocycles. The van der Waals surface area contributed by atoms with Gasteiger partial charge < -0.3 is 14.2 Å². The monoisotopic (exact) mass is 407 g/mol. The summed E-state index contributed by atoms with van der Waals surface area (Å²) in [7, 11) is -2.61. The van der Waals surface area contributed by atoms with Crippen molar-refractivity contribution in [1.29, 1.82) is 0 Å². The van der Waals surface area contributed by atoms with Crippen molar-refractivity contribution in [2.75, 3.05) is 20.3 Å². The largest absolute Gasteiger partial charge is 0.490 e. The Bertz CT molecular complexity index is 926. The zero-order valence-electron chi connectivity index (χ0n) is 16.4. The van der Waals surface area contributed by atoms with E-state index < -0.39 is 22.0 Å². The normalized spacial score (nSPS) is 12.3. The van der Waals surface area contributed by atoms with E-state index >= 15 is 0 Å². The summed E-state index contributed by atoms with van der Waals surface area (Å²) in [6.45, 7) is 6.43. The fourth-order valence-electron chi connectivity index (χ4n) is 2.61. The van der Waals surface area contributed by atoms with E-state index in [1.807, 2.05) is 13.8 Å². The number of carbonyl (C=O) groups excluding carboxylic acids is 1. The van der Waals surface area contributed by atoms with Crippen molar-refractivity contribution in [3.8, 4) is 11.5 Å². The number of hydrogen-bond donors (Lipinski definition) is 1. The highest BCUT2D eigenvalue weighted by atomic mass is 32.2. The molecule has 2 aromatic rings. The van der Waals surface area contributed by atoms with Gasteiger partial charge in [0.25, 0.3) is 0 Å². The fraction of sp³-hybridized carbons (Fsp3) is 0.350. The third-order valence-electron chi connectivity index (χ3n) is 3.96. The van der Waals surface area contributed by atoms with Crippen LogP contribution < -0.4 is 14.2 Å². The lowest BCUT2D eigenvalue weighted by Crippen LogP contribution is -2.27. The molecule has 0 aliphatic carbocycles. The van der Waals surface area contributed by atoms with Crippen molar-refractivity contribution in [3.63, 3.8) is 0 Å². The minimum Gasteiger partial charge on any atom is -0.490 e. The van der Waals surface area contributed by atoms with E-state index in [0.717, 1.165) is 5.56 Å². The second-order valence-electron chi connectivity index (χ2n) is 5.93. The first kappa shape index (κ1) is 21.7. The molecule has 0 aliphatic rings. The molecule has 0 saturated carbocycles. The molecule has 0 heterocycles. The minimum absolute atomic E-state index is 0.0155. The topological polar surface area (TPSA) is 90.9 Å². The van der Waals surface area contributed by atoms with E-state index in [-0.39, 0.29) is 10.5 Å². The Morgan fingerprint density at radius 3 is 2.36 bits per heavy atom. The van der Waals surface area contributed by atoms with E-state index in [1.54, 1.807) is 25.1 Å². The predicted molar refractivity (Wildman–Crippen MR) is 105 cm³/mol. The first-order valence-corrected chi connectivity index (χ1v) is 10.4. The Balaban J connectivity index is 2.27. The maximum absolute atomic E-state index is 12.7. The van der Waals surface area contributed by atoms with Crippen molar-refractivity contribution >= 4 is 16.0 Å². The number of ether oxygens (including phenoxy) is 3. The molecule has 0 radical (unpaired) electrons. The predicted octanol–water partition coefficient (Wildman–Crippen LogP) is 3.31. The van der Waals surface area contributed by atoms with Crippen LogP contribution in [-0.4, -0.2) is 34.7 Å². The summed E-state index contributed by atoms with van der Waals surface area (Å²) in [5, 5.41) is 0. The van der Waals surface area contributed by atoms with Gasteiger partial charge in [0.05, 0.1) is 30.8 Å². The number of hydrogen-bond acceptors (Lipinski definition) is 6. The molecule has 1 atom stereocenters. The molecule has 28 heavy (non-hydrogen) atoms. The van der Waals surface area contributed by atoms with Crippen LogP contribution >= 0.6 is 0 Å². The third-order valence-corrected chi connectivity index (χ3v) is 5.50. The van der Waals surface area contributed by atoms with Crippen LogP contribution in [0.3, 0.4) is 0 Å². The molecule has 2 aromatic carbocycles. The van der Waals surface area contributed by atoms with Crippen LogP contribution in [-0.2, 0) is 14.8 Å². The van der Waals surface area contributed by atoms with Crippen LogP contribution in [0, 0.1) is 0 Å². The van der Waals surface area contributed by atoms with Crippen LogP contribution in [0.25, 0.3) is 0 Å². The van der Waals surface area contributed by atoms with Gasteiger partial charge in [-0.2, -0.15) is 0 Å². The molecule has 8 heteroatoms. The molecule has 0 fully saturated rings. The summed E-state index contributed by atoms with van der Waals surface area (Å²) in [5.74, 6) is 0.562. The van der Waals surface area contributed by atoms with Crippen LogP contribution in [0.5, 0.6) is 11.5 Å². The van der Waals surface area contributed by atoms with Crippen LogP contribution in [0.1, 0.15) is 42.7 Å². The molecule has 0 unspecified atom stereocenters. The molecule has 152 valence electrons. The number of sulfonamides is 1. The van der Waals surface area contributed by atoms with Gasteiger partial charge in [-0.05, 0) is 56.7 Å². The summed E-state index contributed by atoms with van der Waals surface area (Å²) in [6, 6.07) is 10.5. The lowest BCUT2D eigenvalue weighted by Gasteiger charge is -2.18. The standard InChI is InChI=1S/C20H25NO6S/c1-5-26-18-11-10-15(13-19(18)27-6-2)14(3)21-28(23,24)17-9-7-8-16(12-17)20(22)25-4/h7-14,21H,5-6H2,1-4H3/t14-/m0/s1. The number of nitrogens with one attached hydrogen (secondary N) is 1. The number of esters is 1. The highest BCUT2D eigenvalue weighted by molar-refractivity contribution is 7.89. The third kappa shape index (κ3) is 5.24. The van der Waals surface area contributed by atoms with Crippen molar-refractivity contribution in [2.45, 2.75) is 31.7 Å². The van der Waals surface area contributed by atoms with Crippen molar-refractivity contribution < 1.29 is 27.4 Å². The molecule has 1 N–H and O–H groups in total. The Morgan fingerprint density at radius 2 is 1.71 bits per heavy atom. The average Bonchev–Trinajstić information content (AvgIpc) is 2.68. The highest BCUT2D eigenvalue weighted by Gasteiger charge is 2.21. The number of methoxy groups -OCH3 is 1. The summed E-state index contributed by atoms with van der Waals surface area (Å²) < 4.78 is 43.9. The molecule has 0 aromatic heterocycles. The smallest absolute Gasteiger partial charge is 0.337 e. The van der Waals surface area contributed by atoms with Gasteiger partial charge in [-0.3, -0.25) is 0 Å². The Hall–Kier alpha value is -2.58. The van der Waals surface area contributed by atoms with Gasteiger partial charge in [0.1, 0.15) is 0 Å². The van der Waals surface area contributed by atoms with Crippen LogP contribution in [0.15, 0.2) is 47.4 Å². The summed E-state index contributed by atoms with van der Waals surface area (Å²) in [4.78, 5) is 11.6. The Labute approximate surface area is 165 Å². The lowest BCUT2D eigenvalue weighted by atomic mass is 10.1. The van der Waals surface area contributed by atoms with E-state index in [9.17, 15) is 13.2 Å². The van der Waals surface area contributed by atoms with Crippen LogP contribution in [0.4, 0.5) is 0 Å². The first-order chi connectivity index (χ1) is 13.3. The van der Waals surface area contributed by atoms with Gasteiger partial charge in [-0.15, -0.1) is 0 Å². The van der Waals surface area contributed by atoms with Gasteiger partial charge in [0.2, 0.25) is 10.0 Å². The quantitative estimate of drug-likeness (QED) is 0.642. The zero-order valence-corrected chi connectivity index (χ0v) is 17.2. The van der Waals surface area contributed by atoms with Gasteiger partial charge in [-0.25, -0.2) is 17.9 Å². The Kier molecular flexibility index (Phi) is 7.42. The average molecular weight is 407 g/mol. The van der Waals surface area contributed by atoms with Gasteiger partial charge in [-0.1, -0.05) is 12.1 Å². The number of benzene rings is 2. The Morgan fingerprint density at radius 1 is 1.04 bits per heavy atom. The number of rotatable bonds is 9. The zero-order chi connectivity index (χ0) is 20.7. The first-order valence-electron chi connectivity index (χ1n) is 8.92. The van der Waals surface area contributed by atoms with Gasteiger partial charge in [0, 0.05) is 6.04 Å². The van der Waals surface area contributed by atoms with E-state index in [2.05, 4.69) is 9.46 Å². The molecule has 0 bridgehead atoms. The molecular formula is C20H25NO6S. The van der Waals surface area contributed by atoms with Crippen LogP contribution in [0.2, 0.25) is 0 Å². The van der Waals surface area contributed by atoms with Crippen molar-refractivity contribution in [1.82, 2.24) is 4.72 Å². The van der Waals surface area contributed by atoms with E-state index in [0.29, 0.717) is 24.7 Å². The molecule has 0 amide bonds. The molecule has 7 nitrogen and oxygen atoms in total. The fourth-order valence-corrected chi connectivity index (χ4v) is 3.89. The van der Waals surface area contributed by atoms with Crippen molar-refractivity contribution in [2.24, 2.45) is 0 Å². The summed E-state index contributed by atoms with van der Waals surface area (Å²) >= 11 is 0. The SMILES string of the molecule is CCOc1ccc([C@H](C)NS(=O)(=O)c2cccc(C(=O)OC)c2)cc1OCC. The lowest BCUT2D eigenvalue weighted by molar-refractivity contribution is 0.0600. The maximum atomic E-state index is 12.7. The maximum Gasteiger partial charge on any atom is 0.337 e. The summed E-state index contributed by atoms with van der Waals surface area (Å²) in [5.41, 5.74) is 0.886. The second kappa shape index (κ2) is 9.57. The molecule has 2 rings (SSSR count). The molecule has 0 aliphatic heterocycles. The minimum atomic E-state index is -3.85. The second-order valence-corrected chi connectivity index (χ2v) is 7.65. The van der Waals surface area contributed by atoms with E-state index in [4.69, 9.17) is 9.47 Å². The summed E-state index contributed by atoms with van der Waals surface area (Å²) in [6.07, 6.45) is 0. The highest BCUT2D eigenvalue weighted by Crippen LogP contribution is 2.31. The number of carbonyl (C=O) groups is 1. The van der Waals surface area contributed by atoms with Gasteiger partial charge >= 0.3 is 5.97 Å². The molecular weight excluding hydrogens is 382 g/mol. The van der Waals surface area contributed by atoms with E-state index in [1.165, 1.54) is 31.4 Å². The van der Waals surface area contributed by atoms with Crippen molar-refractivity contribution in [3.05, 3.63) is 53.6 Å². The molecule has 0 spiro atoms.